The molecule has 4 rings (SSSR count). The molecule has 2 saturated heterocycles. The minimum atomic E-state index is -0.305. The first kappa shape index (κ1) is 22.6. The second-order valence-electron chi connectivity index (χ2n) is 8.48. The maximum atomic E-state index is 13.4. The molecular formula is C24H30N4O3S. The number of pyridine rings is 1. The highest BCUT2D eigenvalue weighted by Crippen LogP contribution is 2.30. The van der Waals surface area contributed by atoms with Crippen molar-refractivity contribution < 1.29 is 14.7 Å². The summed E-state index contributed by atoms with van der Waals surface area (Å²) in [5.41, 5.74) is 7.84. The Morgan fingerprint density at radius 3 is 2.25 bits per heavy atom. The molecule has 1 aromatic heterocycles. The lowest BCUT2D eigenvalue weighted by Crippen LogP contribution is -2.43. The number of thioether (sulfide) groups is 1. The van der Waals surface area contributed by atoms with E-state index in [2.05, 4.69) is 17.0 Å². The van der Waals surface area contributed by atoms with Crippen LogP contribution in [-0.2, 0) is 4.79 Å². The van der Waals surface area contributed by atoms with E-state index in [0.717, 1.165) is 11.3 Å². The summed E-state index contributed by atoms with van der Waals surface area (Å²) in [6.07, 6.45) is 4.25. The molecule has 0 saturated carbocycles. The molecule has 8 heteroatoms. The SMILES string of the molecule is CSc1ccc(-c2ccc(C(=O)N3CCC(C(N)=O)CC3)c(N3CCC(O)CC3)n2)cc1. The number of anilines is 1. The van der Waals surface area contributed by atoms with E-state index < -0.39 is 0 Å². The number of rotatable bonds is 5. The van der Waals surface area contributed by atoms with Gasteiger partial charge in [-0.1, -0.05) is 12.1 Å². The second-order valence-corrected chi connectivity index (χ2v) is 9.36. The van der Waals surface area contributed by atoms with Gasteiger partial charge in [-0.2, -0.15) is 0 Å². The Hall–Kier alpha value is -2.58. The molecule has 2 aliphatic rings. The summed E-state index contributed by atoms with van der Waals surface area (Å²) in [5, 5.41) is 9.95. The van der Waals surface area contributed by atoms with Gasteiger partial charge in [-0.25, -0.2) is 4.98 Å². The van der Waals surface area contributed by atoms with Gasteiger partial charge in [0.15, 0.2) is 0 Å². The first-order chi connectivity index (χ1) is 15.5. The maximum absolute atomic E-state index is 13.4. The molecule has 0 atom stereocenters. The van der Waals surface area contributed by atoms with Crippen LogP contribution in [0.25, 0.3) is 11.3 Å². The van der Waals surface area contributed by atoms with Gasteiger partial charge in [0, 0.05) is 42.6 Å². The lowest BCUT2D eigenvalue weighted by Gasteiger charge is -2.34. The molecule has 0 bridgehead atoms. The number of carbonyl (C=O) groups excluding carboxylic acids is 2. The molecule has 2 aromatic rings. The highest BCUT2D eigenvalue weighted by atomic mass is 32.2. The molecule has 32 heavy (non-hydrogen) atoms. The van der Waals surface area contributed by atoms with Gasteiger partial charge in [-0.3, -0.25) is 9.59 Å². The third-order valence-corrected chi connectivity index (χ3v) is 7.18. The predicted octanol–water partition coefficient (Wildman–Crippen LogP) is 2.77. The van der Waals surface area contributed by atoms with Crippen molar-refractivity contribution in [3.63, 3.8) is 0 Å². The van der Waals surface area contributed by atoms with Gasteiger partial charge in [0.1, 0.15) is 5.82 Å². The van der Waals surface area contributed by atoms with Crippen LogP contribution in [0.5, 0.6) is 0 Å². The molecule has 170 valence electrons. The number of piperidine rings is 2. The number of nitrogens with zero attached hydrogens (tertiary/aromatic N) is 3. The van der Waals surface area contributed by atoms with Crippen molar-refractivity contribution in [3.8, 4) is 11.3 Å². The molecule has 2 aliphatic heterocycles. The molecule has 0 aliphatic carbocycles. The smallest absolute Gasteiger partial charge is 0.257 e. The van der Waals surface area contributed by atoms with Crippen LogP contribution in [-0.4, -0.2) is 65.3 Å². The van der Waals surface area contributed by atoms with E-state index >= 15 is 0 Å². The Morgan fingerprint density at radius 2 is 1.66 bits per heavy atom. The Kier molecular flexibility index (Phi) is 7.01. The lowest BCUT2D eigenvalue weighted by atomic mass is 9.95. The molecule has 2 amide bonds. The summed E-state index contributed by atoms with van der Waals surface area (Å²) >= 11 is 1.69. The minimum Gasteiger partial charge on any atom is -0.393 e. The first-order valence-corrected chi connectivity index (χ1v) is 12.4. The summed E-state index contributed by atoms with van der Waals surface area (Å²) in [5.74, 6) is 0.159. The van der Waals surface area contributed by atoms with Crippen LogP contribution < -0.4 is 10.6 Å². The van der Waals surface area contributed by atoms with E-state index in [1.54, 1.807) is 16.7 Å². The van der Waals surface area contributed by atoms with Crippen LogP contribution in [0.15, 0.2) is 41.3 Å². The summed E-state index contributed by atoms with van der Waals surface area (Å²) in [4.78, 5) is 34.9. The van der Waals surface area contributed by atoms with E-state index in [1.165, 1.54) is 4.90 Å². The lowest BCUT2D eigenvalue weighted by molar-refractivity contribution is -0.123. The zero-order valence-corrected chi connectivity index (χ0v) is 19.2. The van der Waals surface area contributed by atoms with E-state index in [4.69, 9.17) is 10.7 Å². The Morgan fingerprint density at radius 1 is 1.00 bits per heavy atom. The highest BCUT2D eigenvalue weighted by Gasteiger charge is 2.30. The maximum Gasteiger partial charge on any atom is 0.257 e. The van der Waals surface area contributed by atoms with Crippen molar-refractivity contribution in [2.75, 3.05) is 37.3 Å². The number of hydrogen-bond donors (Lipinski definition) is 2. The van der Waals surface area contributed by atoms with Gasteiger partial charge in [-0.15, -0.1) is 11.8 Å². The largest absolute Gasteiger partial charge is 0.393 e. The topological polar surface area (TPSA) is 99.8 Å². The number of aliphatic hydroxyl groups is 1. The van der Waals surface area contributed by atoms with Crippen molar-refractivity contribution in [3.05, 3.63) is 42.0 Å². The van der Waals surface area contributed by atoms with Crippen LogP contribution in [0.2, 0.25) is 0 Å². The number of benzene rings is 1. The number of hydrogen-bond acceptors (Lipinski definition) is 6. The molecule has 1 aromatic carbocycles. The number of primary amides is 1. The van der Waals surface area contributed by atoms with Crippen molar-refractivity contribution in [2.24, 2.45) is 11.7 Å². The zero-order valence-electron chi connectivity index (χ0n) is 18.4. The summed E-state index contributed by atoms with van der Waals surface area (Å²) < 4.78 is 0. The van der Waals surface area contributed by atoms with E-state index in [1.807, 2.05) is 30.5 Å². The highest BCUT2D eigenvalue weighted by molar-refractivity contribution is 7.98. The van der Waals surface area contributed by atoms with Crippen molar-refractivity contribution in [1.29, 1.82) is 0 Å². The Labute approximate surface area is 193 Å². The van der Waals surface area contributed by atoms with Crippen LogP contribution in [0, 0.1) is 5.92 Å². The molecular weight excluding hydrogens is 424 g/mol. The van der Waals surface area contributed by atoms with Crippen molar-refractivity contribution >= 4 is 29.4 Å². The molecule has 0 radical (unpaired) electrons. The predicted molar refractivity (Wildman–Crippen MR) is 127 cm³/mol. The number of carbonyl (C=O) groups is 2. The van der Waals surface area contributed by atoms with Crippen LogP contribution in [0.1, 0.15) is 36.0 Å². The summed E-state index contributed by atoms with van der Waals surface area (Å²) in [6.45, 7) is 2.35. The van der Waals surface area contributed by atoms with E-state index in [9.17, 15) is 14.7 Å². The number of aliphatic hydroxyl groups excluding tert-OH is 1. The Balaban J connectivity index is 1.63. The quantitative estimate of drug-likeness (QED) is 0.674. The number of nitrogens with two attached hydrogens (primary N) is 1. The van der Waals surface area contributed by atoms with Crippen LogP contribution in [0.4, 0.5) is 5.82 Å². The van der Waals surface area contributed by atoms with E-state index in [-0.39, 0.29) is 23.8 Å². The average molecular weight is 455 g/mol. The third-order valence-electron chi connectivity index (χ3n) is 6.44. The van der Waals surface area contributed by atoms with Gasteiger partial charge in [0.25, 0.3) is 5.91 Å². The standard InChI is InChI=1S/C24H30N4O3S/c1-32-19-4-2-16(3-5-19)21-7-6-20(23(26-21)27-14-10-18(29)11-15-27)24(31)28-12-8-17(9-13-28)22(25)30/h2-7,17-18,29H,8-15H2,1H3,(H2,25,30). The van der Waals surface area contributed by atoms with Gasteiger partial charge >= 0.3 is 0 Å². The number of likely N-dealkylation sites (tertiary alicyclic amines) is 1. The molecule has 0 spiro atoms. The molecule has 0 unspecified atom stereocenters. The van der Waals surface area contributed by atoms with Gasteiger partial charge in [0.2, 0.25) is 5.91 Å². The molecule has 7 nitrogen and oxygen atoms in total. The fourth-order valence-electron chi connectivity index (χ4n) is 4.39. The first-order valence-electron chi connectivity index (χ1n) is 11.1. The Bertz CT molecular complexity index is 966. The summed E-state index contributed by atoms with van der Waals surface area (Å²) in [7, 11) is 0. The number of amides is 2. The van der Waals surface area contributed by atoms with Crippen LogP contribution >= 0.6 is 11.8 Å². The fourth-order valence-corrected chi connectivity index (χ4v) is 4.80. The second kappa shape index (κ2) is 9.92. The van der Waals surface area contributed by atoms with Crippen molar-refractivity contribution in [1.82, 2.24) is 9.88 Å². The number of aromatic nitrogens is 1. The molecule has 3 N–H and O–H groups in total. The van der Waals surface area contributed by atoms with Gasteiger partial charge in [-0.05, 0) is 56.2 Å². The van der Waals surface area contributed by atoms with Gasteiger partial charge < -0.3 is 20.6 Å². The molecule has 2 fully saturated rings. The summed E-state index contributed by atoms with van der Waals surface area (Å²) in [6, 6.07) is 12.0. The monoisotopic (exact) mass is 454 g/mol. The zero-order chi connectivity index (χ0) is 22.7. The van der Waals surface area contributed by atoms with Gasteiger partial charge in [0.05, 0.1) is 17.4 Å². The fraction of sp³-hybridized carbons (Fsp3) is 0.458. The van der Waals surface area contributed by atoms with Crippen molar-refractivity contribution in [2.45, 2.75) is 36.7 Å². The third kappa shape index (κ3) is 4.91. The molecule has 3 heterocycles. The average Bonchev–Trinajstić information content (AvgIpc) is 2.84. The normalized spacial score (nSPS) is 18.1. The van der Waals surface area contributed by atoms with E-state index in [0.29, 0.717) is 63.2 Å². The minimum absolute atomic E-state index is 0.0641. The van der Waals surface area contributed by atoms with Crippen LogP contribution in [0.3, 0.4) is 0 Å².